The molecule has 0 radical (unpaired) electrons. The van der Waals surface area contributed by atoms with Crippen molar-refractivity contribution in [3.8, 4) is 5.88 Å². The molecule has 0 spiro atoms. The third-order valence-electron chi connectivity index (χ3n) is 4.02. The molecule has 3 rings (SSSR count). The Balaban J connectivity index is 0.00000161. The highest BCUT2D eigenvalue weighted by Gasteiger charge is 2.28. The van der Waals surface area contributed by atoms with Crippen LogP contribution in [0.1, 0.15) is 25.7 Å². The van der Waals surface area contributed by atoms with Crippen molar-refractivity contribution in [1.82, 2.24) is 15.2 Å². The first-order chi connectivity index (χ1) is 9.85. The molecular weight excluding hydrogens is 379 g/mol. The van der Waals surface area contributed by atoms with Crippen molar-refractivity contribution in [1.29, 1.82) is 0 Å². The summed E-state index contributed by atoms with van der Waals surface area (Å²) in [6.07, 6.45) is 6.84. The second kappa shape index (κ2) is 7.82. The first kappa shape index (κ1) is 16.3. The molecule has 21 heavy (non-hydrogen) atoms. The van der Waals surface area contributed by atoms with E-state index in [0.717, 1.165) is 25.5 Å². The number of halogens is 1. The largest absolute Gasteiger partial charge is 0.472 e. The predicted molar refractivity (Wildman–Crippen MR) is 94.4 cm³/mol. The second-order valence-corrected chi connectivity index (χ2v) is 5.46. The van der Waals surface area contributed by atoms with E-state index < -0.39 is 0 Å². The van der Waals surface area contributed by atoms with E-state index in [2.05, 4.69) is 20.2 Å². The molecule has 1 aromatic heterocycles. The van der Waals surface area contributed by atoms with Crippen LogP contribution in [0.5, 0.6) is 5.88 Å². The number of aliphatic imine (C=N–C) groups is 1. The summed E-state index contributed by atoms with van der Waals surface area (Å²) in [5, 5.41) is 3.53. The predicted octanol–water partition coefficient (Wildman–Crippen LogP) is 2.28. The smallest absolute Gasteiger partial charge is 0.213 e. The SMILES string of the molecule is CN=C(NC1CCC1)N1CCC(Oc2ccccn2)C1.I. The van der Waals surface area contributed by atoms with Gasteiger partial charge in [-0.1, -0.05) is 6.07 Å². The Kier molecular flexibility index (Phi) is 6.08. The average molecular weight is 402 g/mol. The second-order valence-electron chi connectivity index (χ2n) is 5.46. The van der Waals surface area contributed by atoms with Crippen molar-refractivity contribution in [2.45, 2.75) is 37.8 Å². The molecule has 1 aromatic rings. The molecule has 0 aromatic carbocycles. The van der Waals surface area contributed by atoms with Crippen LogP contribution in [0, 0.1) is 0 Å². The molecule has 1 atom stereocenters. The van der Waals surface area contributed by atoms with Gasteiger partial charge in [-0.25, -0.2) is 4.98 Å². The summed E-state index contributed by atoms with van der Waals surface area (Å²) in [5.41, 5.74) is 0. The zero-order chi connectivity index (χ0) is 13.8. The van der Waals surface area contributed by atoms with Gasteiger partial charge in [0.1, 0.15) is 6.10 Å². The molecule has 0 bridgehead atoms. The van der Waals surface area contributed by atoms with E-state index in [1.807, 2.05) is 25.2 Å². The van der Waals surface area contributed by atoms with E-state index in [9.17, 15) is 0 Å². The highest BCUT2D eigenvalue weighted by Crippen LogP contribution is 2.20. The van der Waals surface area contributed by atoms with Gasteiger partial charge in [0.2, 0.25) is 5.88 Å². The Bertz CT molecular complexity index is 464. The highest BCUT2D eigenvalue weighted by atomic mass is 127. The number of nitrogens with zero attached hydrogens (tertiary/aromatic N) is 3. The monoisotopic (exact) mass is 402 g/mol. The van der Waals surface area contributed by atoms with E-state index in [1.54, 1.807) is 6.20 Å². The molecule has 1 aliphatic heterocycles. The minimum atomic E-state index is 0. The van der Waals surface area contributed by atoms with Crippen LogP contribution >= 0.6 is 24.0 Å². The van der Waals surface area contributed by atoms with Crippen LogP contribution in [0.4, 0.5) is 0 Å². The third kappa shape index (κ3) is 4.21. The van der Waals surface area contributed by atoms with Crippen molar-refractivity contribution >= 4 is 29.9 Å². The van der Waals surface area contributed by atoms with E-state index in [4.69, 9.17) is 4.74 Å². The van der Waals surface area contributed by atoms with Crippen LogP contribution in [0.2, 0.25) is 0 Å². The lowest BCUT2D eigenvalue weighted by Crippen LogP contribution is -2.48. The Morgan fingerprint density at radius 1 is 1.38 bits per heavy atom. The van der Waals surface area contributed by atoms with Gasteiger partial charge in [0, 0.05) is 38.3 Å². The summed E-state index contributed by atoms with van der Waals surface area (Å²) < 4.78 is 5.91. The van der Waals surface area contributed by atoms with Gasteiger partial charge in [0.05, 0.1) is 6.54 Å². The zero-order valence-electron chi connectivity index (χ0n) is 12.4. The number of hydrogen-bond donors (Lipinski definition) is 1. The van der Waals surface area contributed by atoms with Crippen LogP contribution < -0.4 is 10.1 Å². The number of hydrogen-bond acceptors (Lipinski definition) is 3. The fraction of sp³-hybridized carbons (Fsp3) is 0.600. The first-order valence-corrected chi connectivity index (χ1v) is 7.41. The van der Waals surface area contributed by atoms with Gasteiger partial charge >= 0.3 is 0 Å². The van der Waals surface area contributed by atoms with Crippen LogP contribution in [-0.4, -0.2) is 48.1 Å². The molecule has 116 valence electrons. The van der Waals surface area contributed by atoms with E-state index in [0.29, 0.717) is 11.9 Å². The van der Waals surface area contributed by atoms with Crippen molar-refractivity contribution in [2.75, 3.05) is 20.1 Å². The summed E-state index contributed by atoms with van der Waals surface area (Å²) in [6.45, 7) is 1.87. The van der Waals surface area contributed by atoms with Gasteiger partial charge in [-0.05, 0) is 25.3 Å². The van der Waals surface area contributed by atoms with Crippen molar-refractivity contribution < 1.29 is 4.74 Å². The topological polar surface area (TPSA) is 49.8 Å². The minimum Gasteiger partial charge on any atom is -0.472 e. The average Bonchev–Trinajstić information content (AvgIpc) is 2.87. The number of nitrogens with one attached hydrogen (secondary N) is 1. The normalized spacial score (nSPS) is 22.4. The summed E-state index contributed by atoms with van der Waals surface area (Å²) in [7, 11) is 1.86. The summed E-state index contributed by atoms with van der Waals surface area (Å²) in [4.78, 5) is 10.9. The number of aromatic nitrogens is 1. The Hall–Kier alpha value is -1.05. The maximum Gasteiger partial charge on any atom is 0.213 e. The fourth-order valence-corrected chi connectivity index (χ4v) is 2.64. The van der Waals surface area contributed by atoms with Gasteiger partial charge in [0.15, 0.2) is 5.96 Å². The Morgan fingerprint density at radius 2 is 2.24 bits per heavy atom. The summed E-state index contributed by atoms with van der Waals surface area (Å²) in [6, 6.07) is 6.37. The van der Waals surface area contributed by atoms with Gasteiger partial charge in [-0.15, -0.1) is 24.0 Å². The first-order valence-electron chi connectivity index (χ1n) is 7.41. The van der Waals surface area contributed by atoms with Crippen LogP contribution in [-0.2, 0) is 0 Å². The number of likely N-dealkylation sites (tertiary alicyclic amines) is 1. The van der Waals surface area contributed by atoms with Gasteiger partial charge in [-0.2, -0.15) is 0 Å². The molecule has 5 nitrogen and oxygen atoms in total. The van der Waals surface area contributed by atoms with Gasteiger partial charge in [-0.3, -0.25) is 4.99 Å². The molecule has 2 fully saturated rings. The van der Waals surface area contributed by atoms with Gasteiger partial charge < -0.3 is 15.0 Å². The number of pyridine rings is 1. The summed E-state index contributed by atoms with van der Waals surface area (Å²) in [5.74, 6) is 1.73. The van der Waals surface area contributed by atoms with Crippen LogP contribution in [0.15, 0.2) is 29.4 Å². The van der Waals surface area contributed by atoms with Crippen molar-refractivity contribution in [2.24, 2.45) is 4.99 Å². The third-order valence-corrected chi connectivity index (χ3v) is 4.02. The number of guanidine groups is 1. The van der Waals surface area contributed by atoms with Crippen LogP contribution in [0.25, 0.3) is 0 Å². The lowest BCUT2D eigenvalue weighted by Gasteiger charge is -2.31. The van der Waals surface area contributed by atoms with Crippen LogP contribution in [0.3, 0.4) is 0 Å². The van der Waals surface area contributed by atoms with E-state index in [1.165, 1.54) is 19.3 Å². The quantitative estimate of drug-likeness (QED) is 0.479. The lowest BCUT2D eigenvalue weighted by molar-refractivity contribution is 0.205. The molecule has 0 amide bonds. The number of rotatable bonds is 3. The standard InChI is InChI=1S/C15H22N4O.HI/c1-16-15(18-12-5-4-6-12)19-10-8-13(11-19)20-14-7-2-3-9-17-14;/h2-3,7,9,12-13H,4-6,8,10-11H2,1H3,(H,16,18);1H. The van der Waals surface area contributed by atoms with E-state index >= 15 is 0 Å². The Labute approximate surface area is 143 Å². The number of ether oxygens (including phenoxy) is 1. The summed E-state index contributed by atoms with van der Waals surface area (Å²) >= 11 is 0. The molecule has 1 unspecified atom stereocenters. The zero-order valence-corrected chi connectivity index (χ0v) is 14.7. The molecule has 6 heteroatoms. The molecule has 1 aliphatic carbocycles. The molecule has 2 aliphatic rings. The van der Waals surface area contributed by atoms with Crippen molar-refractivity contribution in [3.63, 3.8) is 0 Å². The molecule has 1 saturated carbocycles. The maximum atomic E-state index is 5.91. The maximum absolute atomic E-state index is 5.91. The Morgan fingerprint density at radius 3 is 2.86 bits per heavy atom. The lowest BCUT2D eigenvalue weighted by atomic mass is 9.93. The molecule has 1 saturated heterocycles. The highest BCUT2D eigenvalue weighted by molar-refractivity contribution is 14.0. The molecule has 2 heterocycles. The fourth-order valence-electron chi connectivity index (χ4n) is 2.64. The van der Waals surface area contributed by atoms with Gasteiger partial charge in [0.25, 0.3) is 0 Å². The molecule has 1 N–H and O–H groups in total. The molecular formula is C15H23IN4O. The van der Waals surface area contributed by atoms with Crippen molar-refractivity contribution in [3.05, 3.63) is 24.4 Å². The van der Waals surface area contributed by atoms with E-state index in [-0.39, 0.29) is 30.1 Å². The minimum absolute atomic E-state index is 0.